The molecule has 22 heavy (non-hydrogen) atoms. The second-order valence-electron chi connectivity index (χ2n) is 6.61. The number of nitrogens with zero attached hydrogens (tertiary/aromatic N) is 1. The zero-order valence-corrected chi connectivity index (χ0v) is 14.1. The van der Waals surface area contributed by atoms with Gasteiger partial charge < -0.3 is 15.4 Å². The molecule has 0 aliphatic carbocycles. The van der Waals surface area contributed by atoms with Gasteiger partial charge in [0, 0.05) is 13.1 Å². The number of nitrogens with two attached hydrogens (primary N) is 1. The van der Waals surface area contributed by atoms with Crippen molar-refractivity contribution in [3.05, 3.63) is 29.3 Å². The Balaban J connectivity index is 1.98. The molecular weight excluding hydrogens is 276 g/mol. The van der Waals surface area contributed by atoms with Crippen molar-refractivity contribution in [1.82, 2.24) is 4.90 Å². The van der Waals surface area contributed by atoms with Crippen LogP contribution in [0.2, 0.25) is 0 Å². The topological polar surface area (TPSA) is 55.6 Å². The van der Waals surface area contributed by atoms with E-state index < -0.39 is 6.10 Å². The van der Waals surface area contributed by atoms with E-state index in [1.54, 1.807) is 0 Å². The number of hydrogen-bond donors (Lipinski definition) is 1. The smallest absolute Gasteiger partial charge is 0.263 e. The molecule has 1 saturated heterocycles. The molecule has 0 saturated carbocycles. The van der Waals surface area contributed by atoms with E-state index in [4.69, 9.17) is 10.5 Å². The van der Waals surface area contributed by atoms with E-state index >= 15 is 0 Å². The van der Waals surface area contributed by atoms with E-state index in [0.29, 0.717) is 18.4 Å². The van der Waals surface area contributed by atoms with Gasteiger partial charge in [0.15, 0.2) is 6.10 Å². The zero-order chi connectivity index (χ0) is 16.3. The summed E-state index contributed by atoms with van der Waals surface area (Å²) in [5.41, 5.74) is 8.20. The summed E-state index contributed by atoms with van der Waals surface area (Å²) < 4.78 is 5.85. The summed E-state index contributed by atoms with van der Waals surface area (Å²) in [5, 5.41) is 0. The lowest BCUT2D eigenvalue weighted by atomic mass is 9.98. The van der Waals surface area contributed by atoms with Gasteiger partial charge in [-0.25, -0.2) is 0 Å². The van der Waals surface area contributed by atoms with Crippen LogP contribution < -0.4 is 10.5 Å². The van der Waals surface area contributed by atoms with E-state index in [1.165, 1.54) is 11.1 Å². The Morgan fingerprint density at radius 2 is 2.14 bits per heavy atom. The second kappa shape index (κ2) is 7.14. The van der Waals surface area contributed by atoms with E-state index in [2.05, 4.69) is 26.8 Å². The summed E-state index contributed by atoms with van der Waals surface area (Å²) in [4.78, 5) is 14.3. The Bertz CT molecular complexity index is 528. The molecule has 122 valence electrons. The highest BCUT2D eigenvalue weighted by Gasteiger charge is 2.29. The van der Waals surface area contributed by atoms with E-state index in [1.807, 2.05) is 24.0 Å². The fourth-order valence-electron chi connectivity index (χ4n) is 3.11. The quantitative estimate of drug-likeness (QED) is 0.910. The van der Waals surface area contributed by atoms with Gasteiger partial charge in [-0.15, -0.1) is 0 Å². The summed E-state index contributed by atoms with van der Waals surface area (Å²) in [6, 6.07) is 6.07. The summed E-state index contributed by atoms with van der Waals surface area (Å²) in [7, 11) is 0. The number of carbonyl (C=O) groups excluding carboxylic acids is 1. The number of ether oxygens (including phenoxy) is 1. The molecule has 0 bridgehead atoms. The number of carbonyl (C=O) groups is 1. The summed E-state index contributed by atoms with van der Waals surface area (Å²) in [6.07, 6.45) is 0.540. The van der Waals surface area contributed by atoms with E-state index in [9.17, 15) is 4.79 Å². The van der Waals surface area contributed by atoms with Crippen LogP contribution in [-0.2, 0) is 4.79 Å². The number of hydrogen-bond acceptors (Lipinski definition) is 3. The molecule has 1 fully saturated rings. The Morgan fingerprint density at radius 1 is 1.41 bits per heavy atom. The predicted octanol–water partition coefficient (Wildman–Crippen LogP) is 2.69. The molecule has 1 amide bonds. The van der Waals surface area contributed by atoms with E-state index in [0.717, 1.165) is 25.3 Å². The van der Waals surface area contributed by atoms with Gasteiger partial charge in [-0.2, -0.15) is 0 Å². The van der Waals surface area contributed by atoms with E-state index in [-0.39, 0.29) is 5.91 Å². The van der Waals surface area contributed by atoms with Crippen LogP contribution in [0.25, 0.3) is 0 Å². The summed E-state index contributed by atoms with van der Waals surface area (Å²) in [5.74, 6) is 1.74. The van der Waals surface area contributed by atoms with Gasteiger partial charge in [0.2, 0.25) is 0 Å². The van der Waals surface area contributed by atoms with Gasteiger partial charge >= 0.3 is 0 Å². The third kappa shape index (κ3) is 3.80. The van der Waals surface area contributed by atoms with Crippen molar-refractivity contribution in [2.45, 2.75) is 46.1 Å². The SMILES string of the molecule is Cc1cc(O[C@H](C)C(=O)N2CC[C@H](CN)C2)ccc1C(C)C. The minimum atomic E-state index is -0.458. The van der Waals surface area contributed by atoms with Crippen LogP contribution in [0.1, 0.15) is 44.2 Å². The molecule has 0 spiro atoms. The summed E-state index contributed by atoms with van der Waals surface area (Å²) >= 11 is 0. The first-order valence-corrected chi connectivity index (χ1v) is 8.18. The zero-order valence-electron chi connectivity index (χ0n) is 14.1. The Hall–Kier alpha value is -1.55. The molecule has 2 N–H and O–H groups in total. The van der Waals surface area contributed by atoms with Crippen molar-refractivity contribution in [2.75, 3.05) is 19.6 Å². The van der Waals surface area contributed by atoms with Crippen LogP contribution in [0.4, 0.5) is 0 Å². The van der Waals surface area contributed by atoms with Gasteiger partial charge in [0.1, 0.15) is 5.75 Å². The molecule has 1 aliphatic rings. The lowest BCUT2D eigenvalue weighted by Crippen LogP contribution is -2.39. The van der Waals surface area contributed by atoms with Gasteiger partial charge in [-0.3, -0.25) is 4.79 Å². The van der Waals surface area contributed by atoms with Crippen molar-refractivity contribution < 1.29 is 9.53 Å². The third-order valence-corrected chi connectivity index (χ3v) is 4.45. The number of benzene rings is 1. The van der Waals surface area contributed by atoms with Crippen molar-refractivity contribution in [3.63, 3.8) is 0 Å². The molecule has 1 aromatic carbocycles. The molecule has 4 heteroatoms. The molecule has 1 heterocycles. The maximum Gasteiger partial charge on any atom is 0.263 e. The number of likely N-dealkylation sites (tertiary alicyclic amines) is 1. The van der Waals surface area contributed by atoms with Crippen molar-refractivity contribution in [1.29, 1.82) is 0 Å². The largest absolute Gasteiger partial charge is 0.481 e. The highest BCUT2D eigenvalue weighted by molar-refractivity contribution is 5.81. The highest BCUT2D eigenvalue weighted by atomic mass is 16.5. The van der Waals surface area contributed by atoms with Crippen LogP contribution in [0.15, 0.2) is 18.2 Å². The standard InChI is InChI=1S/C18H28N2O2/c1-12(2)17-6-5-16(9-13(17)3)22-14(4)18(21)20-8-7-15(10-19)11-20/h5-6,9,12,14-15H,7-8,10-11,19H2,1-4H3/t14-,15-/m1/s1. The Kier molecular flexibility index (Phi) is 5.46. The molecule has 1 aliphatic heterocycles. The normalized spacial score (nSPS) is 19.5. The molecule has 2 atom stereocenters. The molecule has 0 aromatic heterocycles. The van der Waals surface area contributed by atoms with Gasteiger partial charge in [-0.05, 0) is 61.9 Å². The molecule has 0 unspecified atom stereocenters. The average Bonchev–Trinajstić information content (AvgIpc) is 2.95. The lowest BCUT2D eigenvalue weighted by molar-refractivity contribution is -0.136. The first-order chi connectivity index (χ1) is 10.4. The maximum absolute atomic E-state index is 12.4. The molecule has 4 nitrogen and oxygen atoms in total. The third-order valence-electron chi connectivity index (χ3n) is 4.45. The van der Waals surface area contributed by atoms with Gasteiger partial charge in [-0.1, -0.05) is 19.9 Å². The Morgan fingerprint density at radius 3 is 2.68 bits per heavy atom. The second-order valence-corrected chi connectivity index (χ2v) is 6.61. The number of amides is 1. The Labute approximate surface area is 133 Å². The van der Waals surface area contributed by atoms with Crippen molar-refractivity contribution >= 4 is 5.91 Å². The van der Waals surface area contributed by atoms with Crippen LogP contribution >= 0.6 is 0 Å². The van der Waals surface area contributed by atoms with Crippen LogP contribution in [0, 0.1) is 12.8 Å². The van der Waals surface area contributed by atoms with Gasteiger partial charge in [0.25, 0.3) is 5.91 Å². The van der Waals surface area contributed by atoms with Crippen molar-refractivity contribution in [3.8, 4) is 5.75 Å². The molecule has 2 rings (SSSR count). The molecule has 0 radical (unpaired) electrons. The minimum Gasteiger partial charge on any atom is -0.481 e. The lowest BCUT2D eigenvalue weighted by Gasteiger charge is -2.22. The average molecular weight is 304 g/mol. The van der Waals surface area contributed by atoms with Crippen molar-refractivity contribution in [2.24, 2.45) is 11.7 Å². The van der Waals surface area contributed by atoms with Crippen LogP contribution in [-0.4, -0.2) is 36.5 Å². The van der Waals surface area contributed by atoms with Crippen LogP contribution in [0.5, 0.6) is 5.75 Å². The number of rotatable bonds is 5. The minimum absolute atomic E-state index is 0.0570. The number of aryl methyl sites for hydroxylation is 1. The van der Waals surface area contributed by atoms with Crippen LogP contribution in [0.3, 0.4) is 0 Å². The fraction of sp³-hybridized carbons (Fsp3) is 0.611. The molecular formula is C18H28N2O2. The molecule has 1 aromatic rings. The maximum atomic E-state index is 12.4. The van der Waals surface area contributed by atoms with Gasteiger partial charge in [0.05, 0.1) is 0 Å². The first kappa shape index (κ1) is 16.8. The fourth-order valence-corrected chi connectivity index (χ4v) is 3.11. The summed E-state index contributed by atoms with van der Waals surface area (Å²) in [6.45, 7) is 10.5. The first-order valence-electron chi connectivity index (χ1n) is 8.18. The highest BCUT2D eigenvalue weighted by Crippen LogP contribution is 2.24. The predicted molar refractivity (Wildman–Crippen MR) is 89.1 cm³/mol. The monoisotopic (exact) mass is 304 g/mol.